The Kier molecular flexibility index (Phi) is 6.45. The number of aliphatic hydroxyl groups excluding tert-OH is 2. The van der Waals surface area contributed by atoms with Crippen LogP contribution < -0.4 is 40.4 Å². The van der Waals surface area contributed by atoms with E-state index in [1.165, 1.54) is 0 Å². The Morgan fingerprint density at radius 3 is 2.65 bits per heavy atom. The molecule has 9 nitrogen and oxygen atoms in total. The zero-order chi connectivity index (χ0) is 14.2. The molecule has 1 aliphatic heterocycles. The number of aromatic nitrogens is 2. The monoisotopic (exact) mass is 362 g/mol. The first-order valence-electron chi connectivity index (χ1n) is 5.25. The second-order valence-corrected chi connectivity index (χ2v) is 6.04. The van der Waals surface area contributed by atoms with E-state index in [1.54, 1.807) is 0 Å². The van der Waals surface area contributed by atoms with Gasteiger partial charge in [-0.25, -0.2) is 0 Å². The molecular weight excluding hydrogens is 350 g/mol. The SMILES string of the molecule is O=c1nc([O-])ccn1[C@@H]1O[C@H](C[Se](=O)O)[C@@H](O)[C@H]1O.[Na+]. The first kappa shape index (κ1) is 17.9. The van der Waals surface area contributed by atoms with Gasteiger partial charge in [0.05, 0.1) is 0 Å². The van der Waals surface area contributed by atoms with Crippen LogP contribution in [-0.2, 0) is 8.57 Å². The van der Waals surface area contributed by atoms with Crippen LogP contribution in [-0.4, -0.2) is 56.4 Å². The zero-order valence-corrected chi connectivity index (χ0v) is 14.2. The standard InChI is InChI=1S/C9H12N2O7Se.Na/c12-5-1-2-11(9(15)10-5)8-7(14)6(13)4(18-8)3-19(16)17;/h1-2,4,6-8,13-14H,3H2,(H,16,17)(H,10,12,15);/q;+1/p-1/t4-,6-,7-,8-;/m1./s1. The van der Waals surface area contributed by atoms with Gasteiger partial charge in [-0.3, -0.25) is 0 Å². The third-order valence-corrected chi connectivity index (χ3v) is 4.01. The normalized spacial score (nSPS) is 30.8. The molecule has 5 atom stereocenters. The van der Waals surface area contributed by atoms with Gasteiger partial charge in [-0.2, -0.15) is 0 Å². The number of nitrogens with zero attached hydrogens (tertiary/aromatic N) is 2. The molecular formula is C9H11N2NaO7Se. The van der Waals surface area contributed by atoms with E-state index in [4.69, 9.17) is 8.93 Å². The Labute approximate surface area is 139 Å². The molecule has 2 heterocycles. The van der Waals surface area contributed by atoms with E-state index in [1.807, 2.05) is 0 Å². The summed E-state index contributed by atoms with van der Waals surface area (Å²) in [5, 5.41) is 30.0. The number of hydrogen-bond acceptors (Lipinski definition) is 7. The van der Waals surface area contributed by atoms with Gasteiger partial charge in [-0.1, -0.05) is 0 Å². The minimum Gasteiger partial charge on any atom is 1.00 e. The summed E-state index contributed by atoms with van der Waals surface area (Å²) in [5.74, 6) is -0.729. The van der Waals surface area contributed by atoms with Crippen LogP contribution in [0.25, 0.3) is 0 Å². The number of rotatable bonds is 3. The van der Waals surface area contributed by atoms with Crippen molar-refractivity contribution < 1.29 is 57.6 Å². The summed E-state index contributed by atoms with van der Waals surface area (Å²) in [7, 11) is 0. The molecule has 3 N–H and O–H groups in total. The van der Waals surface area contributed by atoms with Crippen LogP contribution in [0.4, 0.5) is 0 Å². The van der Waals surface area contributed by atoms with Gasteiger partial charge in [0.1, 0.15) is 0 Å². The van der Waals surface area contributed by atoms with Crippen LogP contribution in [0.3, 0.4) is 0 Å². The van der Waals surface area contributed by atoms with Crippen molar-refractivity contribution in [1.82, 2.24) is 9.55 Å². The summed E-state index contributed by atoms with van der Waals surface area (Å²) in [4.78, 5) is 14.6. The van der Waals surface area contributed by atoms with Crippen LogP contribution in [0, 0.1) is 0 Å². The molecule has 1 aromatic heterocycles. The van der Waals surface area contributed by atoms with E-state index in [0.29, 0.717) is 0 Å². The van der Waals surface area contributed by atoms with E-state index in [2.05, 4.69) is 4.98 Å². The predicted octanol–water partition coefficient (Wildman–Crippen LogP) is -6.15. The average molecular weight is 361 g/mol. The fraction of sp³-hybridized carbons (Fsp3) is 0.556. The van der Waals surface area contributed by atoms with E-state index in [9.17, 15) is 23.9 Å². The summed E-state index contributed by atoms with van der Waals surface area (Å²) >= 11 is -3.10. The summed E-state index contributed by atoms with van der Waals surface area (Å²) < 4.78 is 25.7. The van der Waals surface area contributed by atoms with Crippen molar-refractivity contribution in [3.63, 3.8) is 0 Å². The molecule has 0 saturated carbocycles. The number of aliphatic hydroxyl groups is 2. The largest absolute Gasteiger partial charge is 1.00 e. The quantitative estimate of drug-likeness (QED) is 0.451. The Morgan fingerprint density at radius 2 is 2.10 bits per heavy atom. The Hall–Kier alpha value is -0.161. The fourth-order valence-corrected chi connectivity index (χ4v) is 3.00. The van der Waals surface area contributed by atoms with Gasteiger partial charge in [-0.15, -0.1) is 0 Å². The van der Waals surface area contributed by atoms with Crippen LogP contribution in [0.15, 0.2) is 17.1 Å². The molecule has 0 aromatic carbocycles. The second kappa shape index (κ2) is 7.21. The van der Waals surface area contributed by atoms with E-state index >= 15 is 0 Å². The summed E-state index contributed by atoms with van der Waals surface area (Å²) in [5.41, 5.74) is -0.928. The molecule has 2 rings (SSSR count). The molecule has 0 spiro atoms. The minimum absolute atomic E-state index is 0. The predicted molar refractivity (Wildman–Crippen MR) is 57.3 cm³/mol. The van der Waals surface area contributed by atoms with E-state index < -0.39 is 50.3 Å². The maximum Gasteiger partial charge on any atom is 1.00 e. The number of hydrogen-bond donors (Lipinski definition) is 3. The second-order valence-electron chi connectivity index (χ2n) is 3.99. The molecule has 0 radical (unpaired) electrons. The van der Waals surface area contributed by atoms with Crippen molar-refractivity contribution in [2.45, 2.75) is 29.9 Å². The molecule has 1 saturated heterocycles. The molecule has 0 bridgehead atoms. The van der Waals surface area contributed by atoms with Crippen LogP contribution >= 0.6 is 0 Å². The maximum atomic E-state index is 11.5. The van der Waals surface area contributed by atoms with Crippen molar-refractivity contribution in [3.05, 3.63) is 22.7 Å². The van der Waals surface area contributed by atoms with Gasteiger partial charge in [0.25, 0.3) is 0 Å². The van der Waals surface area contributed by atoms with Crippen LogP contribution in [0.5, 0.6) is 5.88 Å². The van der Waals surface area contributed by atoms with Crippen molar-refractivity contribution in [1.29, 1.82) is 0 Å². The van der Waals surface area contributed by atoms with Gasteiger partial charge < -0.3 is 0 Å². The first-order chi connectivity index (χ1) is 8.90. The third kappa shape index (κ3) is 3.73. The molecule has 1 aliphatic rings. The molecule has 1 aromatic rings. The van der Waals surface area contributed by atoms with Gasteiger partial charge in [0, 0.05) is 0 Å². The van der Waals surface area contributed by atoms with Gasteiger partial charge in [-0.05, 0) is 0 Å². The summed E-state index contributed by atoms with van der Waals surface area (Å²) in [6.07, 6.45) is -4.05. The van der Waals surface area contributed by atoms with E-state index in [0.717, 1.165) is 16.8 Å². The van der Waals surface area contributed by atoms with Crippen molar-refractivity contribution in [2.75, 3.05) is 0 Å². The Bertz CT molecular complexity index is 553. The molecule has 1 unspecified atom stereocenters. The molecule has 0 amide bonds. The summed E-state index contributed by atoms with van der Waals surface area (Å²) in [6.45, 7) is 0. The molecule has 11 heteroatoms. The van der Waals surface area contributed by atoms with Crippen LogP contribution in [0.2, 0.25) is 5.32 Å². The first-order valence-corrected chi connectivity index (χ1v) is 7.93. The zero-order valence-electron chi connectivity index (χ0n) is 10.4. The van der Waals surface area contributed by atoms with Crippen molar-refractivity contribution in [3.8, 4) is 5.88 Å². The topological polar surface area (TPSA) is 145 Å². The third-order valence-electron chi connectivity index (χ3n) is 2.72. The number of ether oxygens (including phenoxy) is 1. The van der Waals surface area contributed by atoms with Gasteiger partial charge >= 0.3 is 140 Å². The van der Waals surface area contributed by atoms with Crippen molar-refractivity contribution >= 4 is 14.2 Å². The van der Waals surface area contributed by atoms with E-state index in [-0.39, 0.29) is 34.9 Å². The Morgan fingerprint density at radius 1 is 1.45 bits per heavy atom. The molecule has 20 heavy (non-hydrogen) atoms. The molecule has 1 fully saturated rings. The fourth-order valence-electron chi connectivity index (χ4n) is 1.83. The van der Waals surface area contributed by atoms with Gasteiger partial charge in [0.15, 0.2) is 0 Å². The minimum atomic E-state index is -3.10. The Balaban J connectivity index is 0.00000200. The van der Waals surface area contributed by atoms with Gasteiger partial charge in [0.2, 0.25) is 0 Å². The maximum absolute atomic E-state index is 11.5. The molecule has 0 aliphatic carbocycles. The molecule has 106 valence electrons. The average Bonchev–Trinajstić information content (AvgIpc) is 2.57. The van der Waals surface area contributed by atoms with Crippen molar-refractivity contribution in [2.24, 2.45) is 0 Å². The smallest absolute Gasteiger partial charge is 1.00 e. The van der Waals surface area contributed by atoms with Crippen LogP contribution in [0.1, 0.15) is 6.23 Å². The summed E-state index contributed by atoms with van der Waals surface area (Å²) in [6, 6.07) is 1.01.